The van der Waals surface area contributed by atoms with E-state index in [1.54, 1.807) is 12.2 Å². The summed E-state index contributed by atoms with van der Waals surface area (Å²) in [5.41, 5.74) is 0.900. The number of rotatable bonds is 9. The van der Waals surface area contributed by atoms with Gasteiger partial charge in [-0.2, -0.15) is 15.0 Å². The fourth-order valence-electron chi connectivity index (χ4n) is 1.48. The maximum atomic E-state index is 5.54. The van der Waals surface area contributed by atoms with E-state index in [2.05, 4.69) is 34.7 Å². The Morgan fingerprint density at radius 1 is 1.05 bits per heavy atom. The smallest absolute Gasteiger partial charge is 0.323 e. The van der Waals surface area contributed by atoms with Crippen molar-refractivity contribution >= 4 is 11.9 Å². The molecule has 6 heteroatoms. The van der Waals surface area contributed by atoms with Crippen LogP contribution in [0.4, 0.5) is 11.9 Å². The third kappa shape index (κ3) is 5.25. The van der Waals surface area contributed by atoms with Crippen LogP contribution in [0, 0.1) is 0 Å². The van der Waals surface area contributed by atoms with Crippen LogP contribution >= 0.6 is 0 Å². The number of aromatic nitrogens is 3. The molecule has 0 N–H and O–H groups in total. The summed E-state index contributed by atoms with van der Waals surface area (Å²) in [6.07, 6.45) is 3.57. The van der Waals surface area contributed by atoms with Crippen molar-refractivity contribution in [1.82, 2.24) is 15.0 Å². The Hall–Kier alpha value is -2.37. The lowest BCUT2D eigenvalue weighted by atomic mass is 10.4. The van der Waals surface area contributed by atoms with Crippen LogP contribution in [0.5, 0.6) is 6.01 Å². The largest absolute Gasteiger partial charge is 0.459 e. The topological polar surface area (TPSA) is 54.4 Å². The quantitative estimate of drug-likeness (QED) is 0.649. The monoisotopic (exact) mass is 289 g/mol. The zero-order chi connectivity index (χ0) is 15.8. The normalized spacial score (nSPS) is 9.86. The maximum Gasteiger partial charge on any atom is 0.323 e. The van der Waals surface area contributed by atoms with Crippen LogP contribution in [-0.4, -0.2) is 48.7 Å². The summed E-state index contributed by atoms with van der Waals surface area (Å²) in [5.74, 6) is 1.07. The first-order valence-electron chi connectivity index (χ1n) is 6.65. The van der Waals surface area contributed by atoms with Crippen LogP contribution < -0.4 is 14.5 Å². The molecule has 0 radical (unpaired) electrons. The lowest BCUT2D eigenvalue weighted by Crippen LogP contribution is -2.24. The second-order valence-corrected chi connectivity index (χ2v) is 4.80. The van der Waals surface area contributed by atoms with E-state index >= 15 is 0 Å². The Morgan fingerprint density at radius 3 is 1.90 bits per heavy atom. The molecule has 0 aliphatic carbocycles. The first-order chi connectivity index (χ1) is 9.97. The standard InChI is InChI=1S/C15H23N5O/c1-7-9-19(5)13-16-14(20(6)10-8-2)18-15(17-13)21-11-12(3)4/h7-8H,1-3,9-11H2,4-6H3. The highest BCUT2D eigenvalue weighted by molar-refractivity contribution is 5.40. The van der Waals surface area contributed by atoms with Crippen molar-refractivity contribution in [3.8, 4) is 6.01 Å². The first-order valence-corrected chi connectivity index (χ1v) is 6.65. The SMILES string of the molecule is C=CCN(C)c1nc(OCC(=C)C)nc(N(C)CC=C)n1. The molecular weight excluding hydrogens is 266 g/mol. The van der Waals surface area contributed by atoms with Crippen LogP contribution in [-0.2, 0) is 0 Å². The molecule has 0 atom stereocenters. The molecule has 0 saturated carbocycles. The lowest BCUT2D eigenvalue weighted by molar-refractivity contribution is 0.323. The Kier molecular flexibility index (Phi) is 6.39. The van der Waals surface area contributed by atoms with Gasteiger partial charge in [-0.05, 0) is 12.5 Å². The number of anilines is 2. The minimum absolute atomic E-state index is 0.282. The van der Waals surface area contributed by atoms with Gasteiger partial charge in [-0.3, -0.25) is 0 Å². The van der Waals surface area contributed by atoms with Crippen molar-refractivity contribution in [1.29, 1.82) is 0 Å². The van der Waals surface area contributed by atoms with Crippen molar-refractivity contribution in [2.45, 2.75) is 6.92 Å². The van der Waals surface area contributed by atoms with Gasteiger partial charge in [0.1, 0.15) is 6.61 Å². The maximum absolute atomic E-state index is 5.54. The molecule has 0 fully saturated rings. The van der Waals surface area contributed by atoms with Gasteiger partial charge in [-0.15, -0.1) is 13.2 Å². The summed E-state index contributed by atoms with van der Waals surface area (Å²) >= 11 is 0. The number of ether oxygens (including phenoxy) is 1. The molecule has 0 amide bonds. The van der Waals surface area contributed by atoms with Gasteiger partial charge in [0.05, 0.1) is 0 Å². The highest BCUT2D eigenvalue weighted by atomic mass is 16.5. The fourth-order valence-corrected chi connectivity index (χ4v) is 1.48. The molecule has 0 spiro atoms. The van der Waals surface area contributed by atoms with E-state index in [0.717, 1.165) is 5.57 Å². The van der Waals surface area contributed by atoms with Gasteiger partial charge in [0, 0.05) is 27.2 Å². The van der Waals surface area contributed by atoms with Gasteiger partial charge in [-0.25, -0.2) is 0 Å². The predicted octanol–water partition coefficient (Wildman–Crippen LogP) is 2.07. The molecular formula is C15H23N5O. The average molecular weight is 289 g/mol. The van der Waals surface area contributed by atoms with Crippen LogP contribution in [0.3, 0.4) is 0 Å². The van der Waals surface area contributed by atoms with Crippen molar-refractivity contribution in [3.05, 3.63) is 37.5 Å². The molecule has 0 bridgehead atoms. The number of likely N-dealkylation sites (N-methyl/N-ethyl adjacent to an activating group) is 2. The van der Waals surface area contributed by atoms with Gasteiger partial charge in [-0.1, -0.05) is 18.7 Å². The Morgan fingerprint density at radius 2 is 1.52 bits per heavy atom. The van der Waals surface area contributed by atoms with E-state index in [-0.39, 0.29) is 6.01 Å². The molecule has 114 valence electrons. The molecule has 0 saturated heterocycles. The Bertz CT molecular complexity index is 481. The Labute approximate surface area is 126 Å². The van der Waals surface area contributed by atoms with E-state index in [0.29, 0.717) is 31.6 Å². The van der Waals surface area contributed by atoms with Crippen molar-refractivity contribution in [2.75, 3.05) is 43.6 Å². The van der Waals surface area contributed by atoms with Crippen LogP contribution in [0.2, 0.25) is 0 Å². The molecule has 1 aromatic heterocycles. The first kappa shape index (κ1) is 16.7. The summed E-state index contributed by atoms with van der Waals surface area (Å²) in [7, 11) is 3.77. The molecule has 0 aliphatic heterocycles. The third-order valence-electron chi connectivity index (χ3n) is 2.53. The van der Waals surface area contributed by atoms with E-state index in [9.17, 15) is 0 Å². The predicted molar refractivity (Wildman–Crippen MR) is 87.1 cm³/mol. The summed E-state index contributed by atoms with van der Waals surface area (Å²) in [6.45, 7) is 14.8. The van der Waals surface area contributed by atoms with Crippen LogP contribution in [0.1, 0.15) is 6.92 Å². The van der Waals surface area contributed by atoms with Gasteiger partial charge in [0.2, 0.25) is 11.9 Å². The zero-order valence-corrected chi connectivity index (χ0v) is 13.0. The summed E-state index contributed by atoms with van der Waals surface area (Å²) < 4.78 is 5.54. The van der Waals surface area contributed by atoms with Gasteiger partial charge >= 0.3 is 6.01 Å². The summed E-state index contributed by atoms with van der Waals surface area (Å²) in [4.78, 5) is 16.8. The van der Waals surface area contributed by atoms with E-state index < -0.39 is 0 Å². The molecule has 0 unspecified atom stereocenters. The second-order valence-electron chi connectivity index (χ2n) is 4.80. The fraction of sp³-hybridized carbons (Fsp3) is 0.400. The lowest BCUT2D eigenvalue weighted by Gasteiger charge is -2.20. The summed E-state index contributed by atoms with van der Waals surface area (Å²) in [6, 6.07) is 0.282. The van der Waals surface area contributed by atoms with E-state index in [1.165, 1.54) is 0 Å². The zero-order valence-electron chi connectivity index (χ0n) is 13.0. The molecule has 0 aromatic carbocycles. The second kappa shape index (κ2) is 8.04. The van der Waals surface area contributed by atoms with Crippen LogP contribution in [0.25, 0.3) is 0 Å². The molecule has 1 heterocycles. The highest BCUT2D eigenvalue weighted by Gasteiger charge is 2.13. The summed E-state index contributed by atoms with van der Waals surface area (Å²) in [5, 5.41) is 0. The van der Waals surface area contributed by atoms with Gasteiger partial charge in [0.25, 0.3) is 0 Å². The number of hydrogen-bond acceptors (Lipinski definition) is 6. The van der Waals surface area contributed by atoms with Crippen molar-refractivity contribution in [3.63, 3.8) is 0 Å². The average Bonchev–Trinajstić information content (AvgIpc) is 2.45. The van der Waals surface area contributed by atoms with Crippen molar-refractivity contribution < 1.29 is 4.74 Å². The van der Waals surface area contributed by atoms with Gasteiger partial charge < -0.3 is 14.5 Å². The minimum Gasteiger partial charge on any atom is -0.459 e. The molecule has 6 nitrogen and oxygen atoms in total. The van der Waals surface area contributed by atoms with E-state index in [1.807, 2.05) is 30.8 Å². The third-order valence-corrected chi connectivity index (χ3v) is 2.53. The van der Waals surface area contributed by atoms with Gasteiger partial charge in [0.15, 0.2) is 0 Å². The molecule has 0 aliphatic rings. The van der Waals surface area contributed by atoms with E-state index in [4.69, 9.17) is 4.74 Å². The molecule has 21 heavy (non-hydrogen) atoms. The highest BCUT2D eigenvalue weighted by Crippen LogP contribution is 2.16. The number of nitrogens with zero attached hydrogens (tertiary/aromatic N) is 5. The Balaban J connectivity index is 3.08. The number of hydrogen-bond donors (Lipinski definition) is 0. The molecule has 1 rings (SSSR count). The van der Waals surface area contributed by atoms with Crippen molar-refractivity contribution in [2.24, 2.45) is 0 Å². The van der Waals surface area contributed by atoms with Crippen LogP contribution in [0.15, 0.2) is 37.5 Å². The minimum atomic E-state index is 0.282. The molecule has 1 aromatic rings.